The summed E-state index contributed by atoms with van der Waals surface area (Å²) in [5, 5.41) is 0. The topological polar surface area (TPSA) is 58.6 Å². The molecule has 22 heavy (non-hydrogen) atoms. The number of benzene rings is 1. The molecule has 1 N–H and O–H groups in total. The fourth-order valence-electron chi connectivity index (χ4n) is 2.16. The molecule has 0 amide bonds. The van der Waals surface area contributed by atoms with E-state index in [-0.39, 0.29) is 6.54 Å². The summed E-state index contributed by atoms with van der Waals surface area (Å²) in [5.74, 6) is 0. The Kier molecular flexibility index (Phi) is 8.03. The van der Waals surface area contributed by atoms with Crippen molar-refractivity contribution in [3.05, 3.63) is 29.3 Å². The molecule has 0 heterocycles. The van der Waals surface area contributed by atoms with Crippen molar-refractivity contribution in [2.45, 2.75) is 32.6 Å². The molecule has 0 bridgehead atoms. The van der Waals surface area contributed by atoms with E-state index in [4.69, 9.17) is 4.74 Å². The highest BCUT2D eigenvalue weighted by Gasteiger charge is 2.16. The zero-order valence-electron chi connectivity index (χ0n) is 14.1. The van der Waals surface area contributed by atoms with Gasteiger partial charge >= 0.3 is 0 Å². The Morgan fingerprint density at radius 2 is 1.82 bits per heavy atom. The van der Waals surface area contributed by atoms with Gasteiger partial charge in [-0.25, -0.2) is 13.1 Å². The number of hydrogen-bond acceptors (Lipinski definition) is 4. The van der Waals surface area contributed by atoms with Crippen LogP contribution in [0, 0.1) is 13.8 Å². The molecule has 0 unspecified atom stereocenters. The minimum Gasteiger partial charge on any atom is -0.379 e. The van der Waals surface area contributed by atoms with Crippen LogP contribution in [0.25, 0.3) is 0 Å². The third-order valence-corrected chi connectivity index (χ3v) is 5.22. The van der Waals surface area contributed by atoms with Crippen LogP contribution in [0.3, 0.4) is 0 Å². The molecule has 0 radical (unpaired) electrons. The smallest absolute Gasteiger partial charge is 0.240 e. The Labute approximate surface area is 134 Å². The van der Waals surface area contributed by atoms with Gasteiger partial charge in [0.1, 0.15) is 0 Å². The first-order chi connectivity index (χ1) is 10.4. The number of nitrogens with one attached hydrogen (secondary N) is 1. The van der Waals surface area contributed by atoms with E-state index >= 15 is 0 Å². The van der Waals surface area contributed by atoms with Gasteiger partial charge in [-0.1, -0.05) is 26.0 Å². The van der Waals surface area contributed by atoms with E-state index in [1.807, 2.05) is 19.1 Å². The summed E-state index contributed by atoms with van der Waals surface area (Å²) >= 11 is 0. The maximum atomic E-state index is 12.3. The Morgan fingerprint density at radius 3 is 2.45 bits per heavy atom. The van der Waals surface area contributed by atoms with Crippen LogP contribution in [-0.4, -0.2) is 52.7 Å². The molecular weight excluding hydrogens is 300 g/mol. The van der Waals surface area contributed by atoms with Crippen molar-refractivity contribution in [3.8, 4) is 0 Å². The molecule has 1 rings (SSSR count). The monoisotopic (exact) mass is 328 g/mol. The van der Waals surface area contributed by atoms with Crippen molar-refractivity contribution >= 4 is 10.0 Å². The largest absolute Gasteiger partial charge is 0.379 e. The molecule has 1 aromatic carbocycles. The molecule has 0 saturated carbocycles. The molecule has 0 spiro atoms. The van der Waals surface area contributed by atoms with Gasteiger partial charge in [-0.15, -0.1) is 0 Å². The molecule has 5 nitrogen and oxygen atoms in total. The molecule has 126 valence electrons. The fourth-order valence-corrected chi connectivity index (χ4v) is 3.50. The quantitative estimate of drug-likeness (QED) is 0.667. The highest BCUT2D eigenvalue weighted by molar-refractivity contribution is 7.89. The lowest BCUT2D eigenvalue weighted by atomic mass is 10.2. The van der Waals surface area contributed by atoms with E-state index in [9.17, 15) is 8.42 Å². The van der Waals surface area contributed by atoms with Gasteiger partial charge in [-0.05, 0) is 44.1 Å². The van der Waals surface area contributed by atoms with Crippen LogP contribution in [0.5, 0.6) is 0 Å². The van der Waals surface area contributed by atoms with Gasteiger partial charge in [0.2, 0.25) is 10.0 Å². The number of hydrogen-bond donors (Lipinski definition) is 1. The first-order valence-corrected chi connectivity index (χ1v) is 9.26. The number of rotatable bonds is 10. The lowest BCUT2D eigenvalue weighted by molar-refractivity contribution is 0.111. The highest BCUT2D eigenvalue weighted by Crippen LogP contribution is 2.16. The second kappa shape index (κ2) is 9.25. The molecule has 0 atom stereocenters. The van der Waals surface area contributed by atoms with Crippen LogP contribution in [0.1, 0.15) is 25.0 Å². The predicted molar refractivity (Wildman–Crippen MR) is 89.7 cm³/mol. The number of aryl methyl sites for hydroxylation is 2. The second-order valence-corrected chi connectivity index (χ2v) is 7.04. The van der Waals surface area contributed by atoms with E-state index in [1.165, 1.54) is 0 Å². The van der Waals surface area contributed by atoms with Crippen molar-refractivity contribution in [3.63, 3.8) is 0 Å². The van der Waals surface area contributed by atoms with Crippen molar-refractivity contribution in [2.75, 3.05) is 39.4 Å². The number of ether oxygens (including phenoxy) is 1. The first kappa shape index (κ1) is 19.1. The third kappa shape index (κ3) is 6.04. The second-order valence-electron chi connectivity index (χ2n) is 5.31. The Balaban J connectivity index is 2.39. The summed E-state index contributed by atoms with van der Waals surface area (Å²) in [4.78, 5) is 2.61. The van der Waals surface area contributed by atoms with Gasteiger partial charge in [-0.2, -0.15) is 0 Å². The van der Waals surface area contributed by atoms with Crippen LogP contribution in [-0.2, 0) is 14.8 Å². The van der Waals surface area contributed by atoms with Crippen LogP contribution in [0.15, 0.2) is 23.1 Å². The minimum atomic E-state index is -3.47. The average Bonchev–Trinajstić information content (AvgIpc) is 2.49. The van der Waals surface area contributed by atoms with Crippen LogP contribution >= 0.6 is 0 Å². The summed E-state index contributed by atoms with van der Waals surface area (Å²) in [6, 6.07) is 5.42. The summed E-state index contributed by atoms with van der Waals surface area (Å²) in [6.45, 7) is 12.1. The summed E-state index contributed by atoms with van der Waals surface area (Å²) < 4.78 is 32.6. The van der Waals surface area contributed by atoms with E-state index < -0.39 is 10.0 Å². The summed E-state index contributed by atoms with van der Waals surface area (Å²) in [6.07, 6.45) is 0. The summed E-state index contributed by atoms with van der Waals surface area (Å²) in [5.41, 5.74) is 1.68. The predicted octanol–water partition coefficient (Wildman–Crippen LogP) is 1.94. The molecule has 0 aliphatic carbocycles. The average molecular weight is 328 g/mol. The lowest BCUT2D eigenvalue weighted by Crippen LogP contribution is -2.30. The van der Waals surface area contributed by atoms with E-state index in [2.05, 4.69) is 23.5 Å². The summed E-state index contributed by atoms with van der Waals surface area (Å²) in [7, 11) is -3.47. The van der Waals surface area contributed by atoms with Gasteiger partial charge in [0.05, 0.1) is 18.1 Å². The molecule has 1 aromatic rings. The standard InChI is InChI=1S/C16H28N2O3S/c1-5-18(6-2)10-12-21-11-9-17-22(19,20)16-13-14(3)7-8-15(16)4/h7-8,13,17H,5-6,9-12H2,1-4H3. The minimum absolute atomic E-state index is 0.286. The van der Waals surface area contributed by atoms with Crippen molar-refractivity contribution in [2.24, 2.45) is 0 Å². The van der Waals surface area contributed by atoms with Gasteiger partial charge in [-0.3, -0.25) is 0 Å². The molecule has 0 aromatic heterocycles. The Morgan fingerprint density at radius 1 is 1.14 bits per heavy atom. The van der Waals surface area contributed by atoms with Crippen LogP contribution in [0.4, 0.5) is 0 Å². The zero-order chi connectivity index (χ0) is 16.6. The number of sulfonamides is 1. The Hall–Kier alpha value is -0.950. The van der Waals surface area contributed by atoms with Crippen molar-refractivity contribution in [1.29, 1.82) is 0 Å². The Bertz CT molecular complexity index is 555. The van der Waals surface area contributed by atoms with E-state index in [1.54, 1.807) is 13.0 Å². The SMILES string of the molecule is CCN(CC)CCOCCNS(=O)(=O)c1cc(C)ccc1C. The highest BCUT2D eigenvalue weighted by atomic mass is 32.2. The number of nitrogens with zero attached hydrogens (tertiary/aromatic N) is 1. The van der Waals surface area contributed by atoms with Gasteiger partial charge in [0, 0.05) is 13.1 Å². The molecular formula is C16H28N2O3S. The lowest BCUT2D eigenvalue weighted by Gasteiger charge is -2.17. The maximum Gasteiger partial charge on any atom is 0.240 e. The van der Waals surface area contributed by atoms with Gasteiger partial charge in [0.25, 0.3) is 0 Å². The zero-order valence-corrected chi connectivity index (χ0v) is 14.9. The van der Waals surface area contributed by atoms with Gasteiger partial charge in [0.15, 0.2) is 0 Å². The molecule has 6 heteroatoms. The first-order valence-electron chi connectivity index (χ1n) is 7.77. The van der Waals surface area contributed by atoms with E-state index in [0.717, 1.165) is 30.8 Å². The molecule has 0 aliphatic rings. The fraction of sp³-hybridized carbons (Fsp3) is 0.625. The van der Waals surface area contributed by atoms with Crippen molar-refractivity contribution in [1.82, 2.24) is 9.62 Å². The number of likely N-dealkylation sites (N-methyl/N-ethyl adjacent to an activating group) is 1. The molecule has 0 aliphatic heterocycles. The molecule has 0 saturated heterocycles. The van der Waals surface area contributed by atoms with Gasteiger partial charge < -0.3 is 9.64 Å². The van der Waals surface area contributed by atoms with Crippen LogP contribution in [0.2, 0.25) is 0 Å². The van der Waals surface area contributed by atoms with E-state index in [0.29, 0.717) is 18.1 Å². The molecule has 0 fully saturated rings. The van der Waals surface area contributed by atoms with Crippen molar-refractivity contribution < 1.29 is 13.2 Å². The maximum absolute atomic E-state index is 12.3. The normalized spacial score (nSPS) is 12.0. The van der Waals surface area contributed by atoms with Crippen LogP contribution < -0.4 is 4.72 Å². The third-order valence-electron chi connectivity index (χ3n) is 3.62.